The number of hydrogen-bond acceptors (Lipinski definition) is 3. The number of nitrogens with one attached hydrogen (secondary N) is 1. The largest absolute Gasteiger partial charge is 0.351 e. The minimum absolute atomic E-state index is 0.569. The van der Waals surface area contributed by atoms with Crippen molar-refractivity contribution >= 4 is 21.9 Å². The number of rotatable bonds is 2. The predicted molar refractivity (Wildman–Crippen MR) is 65.0 cm³/mol. The van der Waals surface area contributed by atoms with E-state index in [1.54, 1.807) is 0 Å². The monoisotopic (exact) mass is 269 g/mol. The van der Waals surface area contributed by atoms with Crippen molar-refractivity contribution in [3.8, 4) is 0 Å². The molecule has 1 heterocycles. The van der Waals surface area contributed by atoms with Gasteiger partial charge in [-0.05, 0) is 35.7 Å². The molecule has 0 radical (unpaired) electrons. The first kappa shape index (κ1) is 10.9. The molecule has 1 aromatic heterocycles. The van der Waals surface area contributed by atoms with Crippen LogP contribution in [0, 0.1) is 6.92 Å². The predicted octanol–water partition coefficient (Wildman–Crippen LogP) is 3.29. The van der Waals surface area contributed by atoms with Gasteiger partial charge in [0.05, 0.1) is 10.2 Å². The molecule has 0 aliphatic heterocycles. The van der Waals surface area contributed by atoms with Crippen molar-refractivity contribution in [1.29, 1.82) is 0 Å². The third kappa shape index (κ3) is 2.91. The summed E-state index contributed by atoms with van der Waals surface area (Å²) in [5.41, 5.74) is 0.989. The molecule has 0 unspecified atom stereocenters. The van der Waals surface area contributed by atoms with Crippen LogP contribution in [0.4, 0.5) is 5.95 Å². The first-order chi connectivity index (χ1) is 7.25. The summed E-state index contributed by atoms with van der Waals surface area (Å²) < 4.78 is 0.969. The Labute approximate surface area is 98.8 Å². The smallest absolute Gasteiger partial charge is 0.223 e. The van der Waals surface area contributed by atoms with Crippen LogP contribution in [0.5, 0.6) is 0 Å². The molecule has 0 amide bonds. The summed E-state index contributed by atoms with van der Waals surface area (Å²) >= 11 is 3.40. The van der Waals surface area contributed by atoms with Crippen molar-refractivity contribution in [3.05, 3.63) is 16.4 Å². The van der Waals surface area contributed by atoms with E-state index in [9.17, 15) is 0 Å². The van der Waals surface area contributed by atoms with Crippen molar-refractivity contribution in [1.82, 2.24) is 9.97 Å². The van der Waals surface area contributed by atoms with Crippen LogP contribution in [0.1, 0.15) is 37.8 Å². The summed E-state index contributed by atoms with van der Waals surface area (Å²) in [6.45, 7) is 1.98. The van der Waals surface area contributed by atoms with E-state index in [0.717, 1.165) is 16.1 Å². The summed E-state index contributed by atoms with van der Waals surface area (Å²) in [5.74, 6) is 0.766. The van der Waals surface area contributed by atoms with Gasteiger partial charge in [-0.15, -0.1) is 0 Å². The lowest BCUT2D eigenvalue weighted by Gasteiger charge is -2.22. The topological polar surface area (TPSA) is 37.8 Å². The highest BCUT2D eigenvalue weighted by Gasteiger charge is 2.14. The lowest BCUT2D eigenvalue weighted by Crippen LogP contribution is -2.23. The molecule has 0 bridgehead atoms. The van der Waals surface area contributed by atoms with Crippen molar-refractivity contribution < 1.29 is 0 Å². The van der Waals surface area contributed by atoms with Gasteiger partial charge in [-0.2, -0.15) is 0 Å². The number of aryl methyl sites for hydroxylation is 1. The van der Waals surface area contributed by atoms with E-state index in [2.05, 4.69) is 31.2 Å². The summed E-state index contributed by atoms with van der Waals surface area (Å²) in [5, 5.41) is 3.41. The maximum Gasteiger partial charge on any atom is 0.223 e. The summed E-state index contributed by atoms with van der Waals surface area (Å²) in [6, 6.07) is 0.569. The number of anilines is 1. The van der Waals surface area contributed by atoms with Crippen LogP contribution in [0.25, 0.3) is 0 Å². The van der Waals surface area contributed by atoms with E-state index in [1.165, 1.54) is 32.1 Å². The molecule has 4 heteroatoms. The summed E-state index contributed by atoms with van der Waals surface area (Å²) in [6.07, 6.45) is 8.34. The van der Waals surface area contributed by atoms with Gasteiger partial charge in [0, 0.05) is 12.2 Å². The molecule has 1 aliphatic rings. The second-order valence-electron chi connectivity index (χ2n) is 4.11. The van der Waals surface area contributed by atoms with E-state index >= 15 is 0 Å². The number of aromatic nitrogens is 2. The molecule has 0 aromatic carbocycles. The molecule has 1 N–H and O–H groups in total. The second kappa shape index (κ2) is 4.92. The molecule has 0 atom stereocenters. The zero-order valence-corrected chi connectivity index (χ0v) is 10.5. The van der Waals surface area contributed by atoms with Gasteiger partial charge in [-0.25, -0.2) is 9.97 Å². The van der Waals surface area contributed by atoms with Crippen molar-refractivity contribution in [2.24, 2.45) is 0 Å². The number of hydrogen-bond donors (Lipinski definition) is 1. The van der Waals surface area contributed by atoms with Gasteiger partial charge >= 0.3 is 0 Å². The Hall–Kier alpha value is -0.640. The number of halogens is 1. The molecule has 1 fully saturated rings. The Kier molecular flexibility index (Phi) is 3.57. The molecule has 82 valence electrons. The van der Waals surface area contributed by atoms with Crippen molar-refractivity contribution in [3.63, 3.8) is 0 Å². The van der Waals surface area contributed by atoms with E-state index in [1.807, 2.05) is 13.1 Å². The van der Waals surface area contributed by atoms with Gasteiger partial charge < -0.3 is 5.32 Å². The quantitative estimate of drug-likeness (QED) is 0.896. The van der Waals surface area contributed by atoms with Gasteiger partial charge in [-0.3, -0.25) is 0 Å². The molecule has 0 saturated heterocycles. The van der Waals surface area contributed by atoms with E-state index in [4.69, 9.17) is 0 Å². The minimum Gasteiger partial charge on any atom is -0.351 e. The highest BCUT2D eigenvalue weighted by molar-refractivity contribution is 9.10. The van der Waals surface area contributed by atoms with Gasteiger partial charge in [-0.1, -0.05) is 19.3 Å². The minimum atomic E-state index is 0.569. The highest BCUT2D eigenvalue weighted by atomic mass is 79.9. The Morgan fingerprint density at radius 3 is 2.73 bits per heavy atom. The van der Waals surface area contributed by atoms with Crippen LogP contribution < -0.4 is 5.32 Å². The van der Waals surface area contributed by atoms with Crippen LogP contribution in [-0.4, -0.2) is 16.0 Å². The van der Waals surface area contributed by atoms with Crippen LogP contribution >= 0.6 is 15.9 Å². The van der Waals surface area contributed by atoms with Crippen molar-refractivity contribution in [2.75, 3.05) is 5.32 Å². The summed E-state index contributed by atoms with van der Waals surface area (Å²) in [4.78, 5) is 8.66. The maximum atomic E-state index is 4.40. The fourth-order valence-corrected chi connectivity index (χ4v) is 2.14. The molecule has 3 nitrogen and oxygen atoms in total. The van der Waals surface area contributed by atoms with Crippen LogP contribution in [0.2, 0.25) is 0 Å². The third-order valence-corrected chi connectivity index (χ3v) is 3.64. The Morgan fingerprint density at radius 1 is 1.33 bits per heavy atom. The molecule has 2 rings (SSSR count). The lowest BCUT2D eigenvalue weighted by molar-refractivity contribution is 0.460. The van der Waals surface area contributed by atoms with Crippen LogP contribution in [0.15, 0.2) is 10.7 Å². The average molecular weight is 270 g/mol. The van der Waals surface area contributed by atoms with Gasteiger partial charge in [0.25, 0.3) is 0 Å². The molecule has 1 aliphatic carbocycles. The molecule has 1 aromatic rings. The molecular weight excluding hydrogens is 254 g/mol. The standard InChI is InChI=1S/C11H16BrN3/c1-8-10(12)7-13-11(14-8)15-9-5-3-2-4-6-9/h7,9H,2-6H2,1H3,(H,13,14,15). The third-order valence-electron chi connectivity index (χ3n) is 2.86. The molecular formula is C11H16BrN3. The Morgan fingerprint density at radius 2 is 2.07 bits per heavy atom. The molecule has 15 heavy (non-hydrogen) atoms. The lowest BCUT2D eigenvalue weighted by atomic mass is 9.96. The van der Waals surface area contributed by atoms with Gasteiger partial charge in [0.2, 0.25) is 5.95 Å². The first-order valence-corrected chi connectivity index (χ1v) is 6.30. The fourth-order valence-electron chi connectivity index (χ4n) is 1.95. The average Bonchev–Trinajstić information content (AvgIpc) is 2.25. The van der Waals surface area contributed by atoms with E-state index in [-0.39, 0.29) is 0 Å². The van der Waals surface area contributed by atoms with Crippen LogP contribution in [-0.2, 0) is 0 Å². The normalized spacial score (nSPS) is 17.7. The van der Waals surface area contributed by atoms with Gasteiger partial charge in [0.1, 0.15) is 0 Å². The summed E-state index contributed by atoms with van der Waals surface area (Å²) in [7, 11) is 0. The second-order valence-corrected chi connectivity index (χ2v) is 4.96. The van der Waals surface area contributed by atoms with E-state index < -0.39 is 0 Å². The maximum absolute atomic E-state index is 4.40. The Bertz CT molecular complexity index is 335. The van der Waals surface area contributed by atoms with E-state index in [0.29, 0.717) is 6.04 Å². The Balaban J connectivity index is 2.00. The SMILES string of the molecule is Cc1nc(NC2CCCCC2)ncc1Br. The first-order valence-electron chi connectivity index (χ1n) is 5.51. The van der Waals surface area contributed by atoms with Crippen molar-refractivity contribution in [2.45, 2.75) is 45.1 Å². The molecule has 1 saturated carbocycles. The zero-order valence-electron chi connectivity index (χ0n) is 8.96. The number of nitrogens with zero attached hydrogens (tertiary/aromatic N) is 2. The van der Waals surface area contributed by atoms with Gasteiger partial charge in [0.15, 0.2) is 0 Å². The van der Waals surface area contributed by atoms with Crippen LogP contribution in [0.3, 0.4) is 0 Å². The zero-order chi connectivity index (χ0) is 10.7. The fraction of sp³-hybridized carbons (Fsp3) is 0.636. The highest BCUT2D eigenvalue weighted by Crippen LogP contribution is 2.21. The molecule has 0 spiro atoms.